The van der Waals surface area contributed by atoms with Crippen LogP contribution in [0.1, 0.15) is 22.3 Å². The van der Waals surface area contributed by atoms with Crippen molar-refractivity contribution in [3.8, 4) is 0 Å². The van der Waals surface area contributed by atoms with Gasteiger partial charge in [-0.1, -0.05) is 15.9 Å². The Morgan fingerprint density at radius 1 is 1.47 bits per heavy atom. The number of rotatable bonds is 2. The minimum Gasteiger partial charge on any atom is -0.376 e. The van der Waals surface area contributed by atoms with Crippen LogP contribution in [0, 0.1) is 12.8 Å². The first-order valence-electron chi connectivity index (χ1n) is 6.51. The lowest BCUT2D eigenvalue weighted by molar-refractivity contribution is -0.0161. The van der Waals surface area contributed by atoms with Gasteiger partial charge in [0, 0.05) is 28.6 Å². The molecule has 0 aromatic heterocycles. The molecule has 0 spiro atoms. The normalized spacial score (nSPS) is 32.6. The fraction of sp³-hybridized carbons (Fsp3) is 0.500. The lowest BCUT2D eigenvalue weighted by Gasteiger charge is -2.45. The Hall–Kier alpha value is -0.910. The van der Waals surface area contributed by atoms with Crippen LogP contribution < -0.4 is 11.1 Å². The van der Waals surface area contributed by atoms with Gasteiger partial charge in [-0.15, -0.1) is 0 Å². The molecule has 0 radical (unpaired) electrons. The minimum atomic E-state index is -0.0844. The van der Waals surface area contributed by atoms with Crippen LogP contribution in [0.5, 0.6) is 0 Å². The molecule has 102 valence electrons. The summed E-state index contributed by atoms with van der Waals surface area (Å²) in [6.07, 6.45) is 1.11. The number of carbonyl (C=O) groups is 1. The minimum absolute atomic E-state index is 0.0182. The molecule has 0 bridgehead atoms. The third kappa shape index (κ3) is 2.30. The fourth-order valence-corrected chi connectivity index (χ4v) is 3.64. The molecule has 1 heterocycles. The highest BCUT2D eigenvalue weighted by molar-refractivity contribution is 9.10. The Balaban J connectivity index is 1.71. The molecule has 1 amide bonds. The van der Waals surface area contributed by atoms with E-state index in [4.69, 9.17) is 10.5 Å². The maximum atomic E-state index is 12.2. The smallest absolute Gasteiger partial charge is 0.251 e. The van der Waals surface area contributed by atoms with Gasteiger partial charge in [0.25, 0.3) is 5.91 Å². The molecule has 4 unspecified atom stereocenters. The SMILES string of the molecule is Cc1cc(Br)cc(C(=O)NC2C(N)C3CCOC32)c1. The molecule has 19 heavy (non-hydrogen) atoms. The number of benzene rings is 1. The topological polar surface area (TPSA) is 64.4 Å². The highest BCUT2D eigenvalue weighted by Gasteiger charge is 2.52. The monoisotopic (exact) mass is 324 g/mol. The second-order valence-corrected chi connectivity index (χ2v) is 6.30. The molecule has 4 atom stereocenters. The number of halogens is 1. The average molecular weight is 325 g/mol. The van der Waals surface area contributed by atoms with Crippen LogP contribution in [0.2, 0.25) is 0 Å². The molecule has 3 N–H and O–H groups in total. The van der Waals surface area contributed by atoms with E-state index in [1.807, 2.05) is 25.1 Å². The van der Waals surface area contributed by atoms with Crippen molar-refractivity contribution >= 4 is 21.8 Å². The molecular weight excluding hydrogens is 308 g/mol. The van der Waals surface area contributed by atoms with Crippen molar-refractivity contribution in [1.82, 2.24) is 5.32 Å². The molecule has 4 nitrogen and oxygen atoms in total. The van der Waals surface area contributed by atoms with E-state index in [9.17, 15) is 4.79 Å². The molecule has 1 aromatic carbocycles. The van der Waals surface area contributed by atoms with Crippen molar-refractivity contribution in [2.24, 2.45) is 11.7 Å². The Morgan fingerprint density at radius 3 is 3.00 bits per heavy atom. The van der Waals surface area contributed by atoms with E-state index in [-0.39, 0.29) is 24.1 Å². The molecule has 1 aliphatic carbocycles. The largest absolute Gasteiger partial charge is 0.376 e. The second kappa shape index (κ2) is 4.89. The molecule has 1 aliphatic heterocycles. The number of fused-ring (bicyclic) bond motifs is 1. The van der Waals surface area contributed by atoms with Gasteiger partial charge in [-0.05, 0) is 37.1 Å². The van der Waals surface area contributed by atoms with Gasteiger partial charge in [0.1, 0.15) is 0 Å². The van der Waals surface area contributed by atoms with Crippen molar-refractivity contribution in [2.45, 2.75) is 31.5 Å². The summed E-state index contributed by atoms with van der Waals surface area (Å²) in [5.41, 5.74) is 7.79. The first-order chi connectivity index (χ1) is 9.06. The molecule has 1 saturated carbocycles. The third-order valence-electron chi connectivity index (χ3n) is 4.05. The van der Waals surface area contributed by atoms with Crippen LogP contribution in [-0.4, -0.2) is 30.7 Å². The number of amides is 1. The highest BCUT2D eigenvalue weighted by Crippen LogP contribution is 2.37. The summed E-state index contributed by atoms with van der Waals surface area (Å²) in [6.45, 7) is 2.72. The van der Waals surface area contributed by atoms with Crippen LogP contribution in [0.4, 0.5) is 0 Å². The average Bonchev–Trinajstić information content (AvgIpc) is 2.79. The number of carbonyl (C=O) groups excluding carboxylic acids is 1. The van der Waals surface area contributed by atoms with E-state index < -0.39 is 0 Å². The summed E-state index contributed by atoms with van der Waals surface area (Å²) in [5.74, 6) is 0.327. The summed E-state index contributed by atoms with van der Waals surface area (Å²) in [4.78, 5) is 12.2. The summed E-state index contributed by atoms with van der Waals surface area (Å²) >= 11 is 3.41. The van der Waals surface area contributed by atoms with Crippen molar-refractivity contribution in [2.75, 3.05) is 6.61 Å². The van der Waals surface area contributed by atoms with Crippen molar-refractivity contribution < 1.29 is 9.53 Å². The highest BCUT2D eigenvalue weighted by atomic mass is 79.9. The van der Waals surface area contributed by atoms with E-state index in [0.29, 0.717) is 11.5 Å². The van der Waals surface area contributed by atoms with Gasteiger partial charge in [-0.2, -0.15) is 0 Å². The van der Waals surface area contributed by atoms with Gasteiger partial charge >= 0.3 is 0 Å². The maximum absolute atomic E-state index is 12.2. The van der Waals surface area contributed by atoms with E-state index in [1.54, 1.807) is 0 Å². The zero-order chi connectivity index (χ0) is 13.6. The molecule has 2 aliphatic rings. The van der Waals surface area contributed by atoms with Gasteiger partial charge in [0.15, 0.2) is 0 Å². The van der Waals surface area contributed by atoms with Crippen molar-refractivity contribution in [3.05, 3.63) is 33.8 Å². The Morgan fingerprint density at radius 2 is 2.26 bits per heavy atom. The van der Waals surface area contributed by atoms with Crippen LogP contribution in [0.15, 0.2) is 22.7 Å². The number of hydrogen-bond acceptors (Lipinski definition) is 3. The van der Waals surface area contributed by atoms with Gasteiger partial charge < -0.3 is 15.8 Å². The first-order valence-corrected chi connectivity index (χ1v) is 7.31. The van der Waals surface area contributed by atoms with E-state index in [0.717, 1.165) is 23.1 Å². The fourth-order valence-electron chi connectivity index (χ4n) is 3.03. The van der Waals surface area contributed by atoms with Crippen molar-refractivity contribution in [1.29, 1.82) is 0 Å². The quantitative estimate of drug-likeness (QED) is 0.868. The molecular formula is C14H17BrN2O2. The summed E-state index contributed by atoms with van der Waals surface area (Å²) < 4.78 is 6.52. The van der Waals surface area contributed by atoms with Gasteiger partial charge in [0.05, 0.1) is 12.1 Å². The maximum Gasteiger partial charge on any atom is 0.251 e. The molecule has 3 rings (SSSR count). The van der Waals surface area contributed by atoms with Crippen molar-refractivity contribution in [3.63, 3.8) is 0 Å². The van der Waals surface area contributed by atoms with Crippen LogP contribution in [0.3, 0.4) is 0 Å². The third-order valence-corrected chi connectivity index (χ3v) is 4.51. The van der Waals surface area contributed by atoms with Crippen LogP contribution in [-0.2, 0) is 4.74 Å². The molecule has 1 aromatic rings. The zero-order valence-corrected chi connectivity index (χ0v) is 12.3. The Labute approximate surface area is 120 Å². The number of nitrogens with two attached hydrogens (primary N) is 1. The van der Waals surface area contributed by atoms with Crippen LogP contribution in [0.25, 0.3) is 0 Å². The number of hydrogen-bond donors (Lipinski definition) is 2. The van der Waals surface area contributed by atoms with E-state index in [2.05, 4.69) is 21.2 Å². The molecule has 5 heteroatoms. The Kier molecular flexibility index (Phi) is 3.37. The van der Waals surface area contributed by atoms with E-state index in [1.165, 1.54) is 0 Å². The lowest BCUT2D eigenvalue weighted by atomic mass is 9.72. The van der Waals surface area contributed by atoms with Crippen LogP contribution >= 0.6 is 15.9 Å². The zero-order valence-electron chi connectivity index (χ0n) is 10.7. The summed E-state index contributed by atoms with van der Waals surface area (Å²) in [5, 5.41) is 3.00. The number of ether oxygens (including phenoxy) is 1. The predicted octanol–water partition coefficient (Wildman–Crippen LogP) is 1.60. The lowest BCUT2D eigenvalue weighted by Crippen LogP contribution is -2.68. The number of nitrogens with one attached hydrogen (secondary N) is 1. The molecule has 1 saturated heterocycles. The first kappa shape index (κ1) is 13.1. The predicted molar refractivity (Wildman–Crippen MR) is 76.0 cm³/mol. The van der Waals surface area contributed by atoms with Gasteiger partial charge in [-0.3, -0.25) is 4.79 Å². The second-order valence-electron chi connectivity index (χ2n) is 5.38. The molecule has 2 fully saturated rings. The van der Waals surface area contributed by atoms with Gasteiger partial charge in [-0.25, -0.2) is 0 Å². The Bertz CT molecular complexity index is 500. The van der Waals surface area contributed by atoms with E-state index >= 15 is 0 Å². The summed E-state index contributed by atoms with van der Waals surface area (Å²) in [6, 6.07) is 5.63. The summed E-state index contributed by atoms with van der Waals surface area (Å²) in [7, 11) is 0. The standard InChI is InChI=1S/C14H17BrN2O2/c1-7-4-8(6-9(15)5-7)14(18)17-12-11(16)10-2-3-19-13(10)12/h4-6,10-13H,2-3,16H2,1H3,(H,17,18). The number of aryl methyl sites for hydroxylation is 1. The van der Waals surface area contributed by atoms with Gasteiger partial charge in [0.2, 0.25) is 0 Å².